The Balaban J connectivity index is 2.21. The Morgan fingerprint density at radius 3 is 2.53 bits per heavy atom. The Bertz CT molecular complexity index is 1260. The van der Waals surface area contributed by atoms with E-state index in [-0.39, 0.29) is 52.0 Å². The molecule has 0 aliphatic rings. The molecule has 32 heavy (non-hydrogen) atoms. The highest BCUT2D eigenvalue weighted by Gasteiger charge is 2.29. The van der Waals surface area contributed by atoms with Gasteiger partial charge in [-0.3, -0.25) is 24.0 Å². The molecule has 0 spiro atoms. The standard InChI is InChI=1S/C20H18Cl3N5O4/c1-32-8-7-27-17(24)16(18(29)26-20(27)31)28(10-11-5-3-2-4-6-11)19(30)15-14(23)13(22)12(21)9-25-15/h2-6,9H,7-8,10,24H2,1H3,(H,26,29,31). The number of H-pyrrole nitrogens is 1. The highest BCUT2D eigenvalue weighted by molar-refractivity contribution is 6.49. The number of aromatic nitrogens is 3. The van der Waals surface area contributed by atoms with Crippen molar-refractivity contribution >= 4 is 52.2 Å². The van der Waals surface area contributed by atoms with Crippen molar-refractivity contribution in [1.29, 1.82) is 0 Å². The Morgan fingerprint density at radius 2 is 1.88 bits per heavy atom. The number of ether oxygens (including phenoxy) is 1. The van der Waals surface area contributed by atoms with Crippen LogP contribution in [0, 0.1) is 0 Å². The number of rotatable bonds is 7. The first kappa shape index (κ1) is 23.8. The third-order valence-corrected chi connectivity index (χ3v) is 5.79. The predicted molar refractivity (Wildman–Crippen MR) is 124 cm³/mol. The third-order valence-electron chi connectivity index (χ3n) is 4.55. The van der Waals surface area contributed by atoms with Crippen LogP contribution in [0.1, 0.15) is 16.1 Å². The molecule has 0 bridgehead atoms. The number of carbonyl (C=O) groups excluding carboxylic acids is 1. The number of nitrogens with two attached hydrogens (primary N) is 1. The van der Waals surface area contributed by atoms with E-state index in [0.29, 0.717) is 5.56 Å². The molecule has 0 radical (unpaired) electrons. The lowest BCUT2D eigenvalue weighted by Crippen LogP contribution is -2.41. The molecule has 0 aliphatic carbocycles. The average Bonchev–Trinajstić information content (AvgIpc) is 2.77. The van der Waals surface area contributed by atoms with E-state index in [4.69, 9.17) is 45.3 Å². The average molecular weight is 499 g/mol. The summed E-state index contributed by atoms with van der Waals surface area (Å²) < 4.78 is 6.10. The monoisotopic (exact) mass is 497 g/mol. The highest BCUT2D eigenvalue weighted by atomic mass is 35.5. The summed E-state index contributed by atoms with van der Waals surface area (Å²) in [6, 6.07) is 8.87. The zero-order valence-corrected chi connectivity index (χ0v) is 19.0. The van der Waals surface area contributed by atoms with Crippen molar-refractivity contribution in [3.63, 3.8) is 0 Å². The molecular weight excluding hydrogens is 481 g/mol. The topological polar surface area (TPSA) is 123 Å². The maximum atomic E-state index is 13.5. The lowest BCUT2D eigenvalue weighted by atomic mass is 10.2. The van der Waals surface area contributed by atoms with Gasteiger partial charge >= 0.3 is 5.69 Å². The summed E-state index contributed by atoms with van der Waals surface area (Å²) in [5.41, 5.74) is 4.82. The van der Waals surface area contributed by atoms with Gasteiger partial charge in [-0.1, -0.05) is 65.1 Å². The molecule has 12 heteroatoms. The van der Waals surface area contributed by atoms with Gasteiger partial charge < -0.3 is 10.5 Å². The van der Waals surface area contributed by atoms with Crippen molar-refractivity contribution in [2.24, 2.45) is 0 Å². The van der Waals surface area contributed by atoms with Crippen LogP contribution in [0.5, 0.6) is 0 Å². The Labute approximate surface area is 197 Å². The van der Waals surface area contributed by atoms with E-state index in [2.05, 4.69) is 9.97 Å². The van der Waals surface area contributed by atoms with E-state index in [1.807, 2.05) is 0 Å². The molecule has 0 unspecified atom stereocenters. The normalized spacial score (nSPS) is 10.9. The number of carbonyl (C=O) groups is 1. The van der Waals surface area contributed by atoms with Crippen molar-refractivity contribution in [2.45, 2.75) is 13.1 Å². The summed E-state index contributed by atoms with van der Waals surface area (Å²) in [4.78, 5) is 45.8. The van der Waals surface area contributed by atoms with Crippen molar-refractivity contribution in [3.05, 3.63) is 83.7 Å². The molecular formula is C20H18Cl3N5O4. The highest BCUT2D eigenvalue weighted by Crippen LogP contribution is 2.33. The summed E-state index contributed by atoms with van der Waals surface area (Å²) in [6.07, 6.45) is 1.18. The number of nitrogen functional groups attached to an aromatic ring is 1. The van der Waals surface area contributed by atoms with Gasteiger partial charge in [0, 0.05) is 13.3 Å². The number of aromatic amines is 1. The molecule has 0 saturated heterocycles. The van der Waals surface area contributed by atoms with Gasteiger partial charge in [0.25, 0.3) is 11.5 Å². The number of pyridine rings is 1. The van der Waals surface area contributed by atoms with Crippen LogP contribution in [-0.2, 0) is 17.8 Å². The molecule has 9 nitrogen and oxygen atoms in total. The van der Waals surface area contributed by atoms with Gasteiger partial charge in [-0.15, -0.1) is 0 Å². The van der Waals surface area contributed by atoms with Crippen molar-refractivity contribution in [1.82, 2.24) is 14.5 Å². The maximum Gasteiger partial charge on any atom is 0.330 e. The second-order valence-corrected chi connectivity index (χ2v) is 7.76. The number of methoxy groups -OCH3 is 1. The molecule has 0 atom stereocenters. The van der Waals surface area contributed by atoms with E-state index in [0.717, 1.165) is 9.47 Å². The molecule has 2 aromatic heterocycles. The van der Waals surface area contributed by atoms with Gasteiger partial charge in [-0.05, 0) is 5.56 Å². The van der Waals surface area contributed by atoms with Crippen LogP contribution < -0.4 is 21.9 Å². The van der Waals surface area contributed by atoms with E-state index < -0.39 is 17.2 Å². The van der Waals surface area contributed by atoms with Gasteiger partial charge in [0.15, 0.2) is 5.69 Å². The molecule has 0 fully saturated rings. The van der Waals surface area contributed by atoms with Gasteiger partial charge in [-0.2, -0.15) is 0 Å². The number of hydrogen-bond donors (Lipinski definition) is 2. The van der Waals surface area contributed by atoms with Gasteiger partial charge in [0.1, 0.15) is 11.5 Å². The molecule has 0 saturated carbocycles. The van der Waals surface area contributed by atoms with E-state index >= 15 is 0 Å². The summed E-state index contributed by atoms with van der Waals surface area (Å²) in [6.45, 7) is 0.153. The summed E-state index contributed by atoms with van der Waals surface area (Å²) in [5.74, 6) is -0.970. The first-order chi connectivity index (χ1) is 15.3. The van der Waals surface area contributed by atoms with Crippen molar-refractivity contribution in [3.8, 4) is 0 Å². The minimum Gasteiger partial charge on any atom is -0.383 e. The molecule has 168 valence electrons. The minimum atomic E-state index is -0.846. The fraction of sp³-hybridized carbons (Fsp3) is 0.200. The summed E-state index contributed by atoms with van der Waals surface area (Å²) in [7, 11) is 1.46. The number of nitrogens with one attached hydrogen (secondary N) is 1. The molecule has 1 aromatic carbocycles. The SMILES string of the molecule is COCCn1c(N)c(N(Cc2ccccc2)C(=O)c2ncc(Cl)c(Cl)c2Cl)c(=O)[nH]c1=O. The zero-order valence-electron chi connectivity index (χ0n) is 16.8. The van der Waals surface area contributed by atoms with Gasteiger partial charge in [-0.25, -0.2) is 9.78 Å². The van der Waals surface area contributed by atoms with Crippen LogP contribution in [-0.4, -0.2) is 34.2 Å². The smallest absolute Gasteiger partial charge is 0.330 e. The quantitative estimate of drug-likeness (QED) is 0.516. The molecule has 0 aliphatic heterocycles. The van der Waals surface area contributed by atoms with Crippen LogP contribution in [0.4, 0.5) is 11.5 Å². The lowest BCUT2D eigenvalue weighted by molar-refractivity contribution is 0.0980. The lowest BCUT2D eigenvalue weighted by Gasteiger charge is -2.25. The zero-order chi connectivity index (χ0) is 23.4. The van der Waals surface area contributed by atoms with Crippen LogP contribution in [0.15, 0.2) is 46.1 Å². The Kier molecular flexibility index (Phi) is 7.57. The number of amides is 1. The minimum absolute atomic E-state index is 0.0571. The number of nitrogens with zero attached hydrogens (tertiary/aromatic N) is 3. The first-order valence-electron chi connectivity index (χ1n) is 9.23. The van der Waals surface area contributed by atoms with E-state index in [1.165, 1.54) is 13.3 Å². The fourth-order valence-corrected chi connectivity index (χ4v) is 3.54. The second-order valence-electron chi connectivity index (χ2n) is 6.60. The number of anilines is 2. The Hall–Kier alpha value is -2.85. The van der Waals surface area contributed by atoms with Gasteiger partial charge in [0.2, 0.25) is 0 Å². The summed E-state index contributed by atoms with van der Waals surface area (Å²) in [5, 5.41) is -0.170. The van der Waals surface area contributed by atoms with E-state index in [1.54, 1.807) is 30.3 Å². The first-order valence-corrected chi connectivity index (χ1v) is 10.4. The van der Waals surface area contributed by atoms with Crippen LogP contribution in [0.3, 0.4) is 0 Å². The number of benzene rings is 1. The van der Waals surface area contributed by atoms with E-state index in [9.17, 15) is 14.4 Å². The molecule has 3 aromatic rings. The second kappa shape index (κ2) is 10.2. The Morgan fingerprint density at radius 1 is 1.19 bits per heavy atom. The van der Waals surface area contributed by atoms with Gasteiger partial charge in [0.05, 0.1) is 34.8 Å². The molecule has 3 N–H and O–H groups in total. The van der Waals surface area contributed by atoms with Crippen molar-refractivity contribution in [2.75, 3.05) is 24.4 Å². The maximum absolute atomic E-state index is 13.5. The third kappa shape index (κ3) is 4.81. The molecule has 1 amide bonds. The van der Waals surface area contributed by atoms with Crippen LogP contribution >= 0.6 is 34.8 Å². The fourth-order valence-electron chi connectivity index (χ4n) is 2.98. The largest absolute Gasteiger partial charge is 0.383 e. The van der Waals surface area contributed by atoms with Crippen molar-refractivity contribution < 1.29 is 9.53 Å². The number of hydrogen-bond acceptors (Lipinski definition) is 6. The summed E-state index contributed by atoms with van der Waals surface area (Å²) >= 11 is 18.2. The van der Waals surface area contributed by atoms with Crippen LogP contribution in [0.25, 0.3) is 0 Å². The van der Waals surface area contributed by atoms with Crippen LogP contribution in [0.2, 0.25) is 15.1 Å². The number of halogens is 3. The molecule has 2 heterocycles. The predicted octanol–water partition coefficient (Wildman–Crippen LogP) is 2.97. The molecule has 3 rings (SSSR count).